The van der Waals surface area contributed by atoms with Crippen molar-refractivity contribution in [2.45, 2.75) is 76.9 Å². The fourth-order valence-electron chi connectivity index (χ4n) is 6.16. The molecule has 0 N–H and O–H groups in total. The summed E-state index contributed by atoms with van der Waals surface area (Å²) >= 11 is 0. The lowest BCUT2D eigenvalue weighted by molar-refractivity contribution is -0.138. The second-order valence-corrected chi connectivity index (χ2v) is 13.9. The number of nitrogens with zero attached hydrogens (tertiary/aromatic N) is 6. The highest BCUT2D eigenvalue weighted by atomic mass is 19.4. The summed E-state index contributed by atoms with van der Waals surface area (Å²) in [4.78, 5) is 55.5. The van der Waals surface area contributed by atoms with Gasteiger partial charge in [-0.2, -0.15) is 36.9 Å². The number of anilines is 2. The Kier molecular flexibility index (Phi) is 12.2. The molecule has 0 aliphatic carbocycles. The molecule has 10 nitrogen and oxygen atoms in total. The third-order valence-electron chi connectivity index (χ3n) is 9.44. The van der Waals surface area contributed by atoms with Crippen molar-refractivity contribution < 1.29 is 45.5 Å². The average molecular weight is 789 g/mol. The van der Waals surface area contributed by atoms with Crippen LogP contribution in [0.5, 0.6) is 0 Å². The van der Waals surface area contributed by atoms with Crippen LogP contribution in [-0.2, 0) is 28.5 Å². The topological polar surface area (TPSA) is 129 Å². The summed E-state index contributed by atoms with van der Waals surface area (Å²) in [5, 5.41) is 17.8. The lowest BCUT2D eigenvalue weighted by atomic mass is 10.0. The van der Waals surface area contributed by atoms with Gasteiger partial charge in [0.15, 0.2) is 0 Å². The average Bonchev–Trinajstić information content (AvgIpc) is 3.43. The Balaban J connectivity index is 0.000000254. The smallest absolute Gasteiger partial charge is 0.310 e. The molecule has 2 fully saturated rings. The van der Waals surface area contributed by atoms with Crippen molar-refractivity contribution in [3.05, 3.63) is 94.0 Å². The molecule has 0 saturated carbocycles. The fraction of sp³-hybridized carbons (Fsp3) is 0.317. The van der Waals surface area contributed by atoms with Crippen LogP contribution in [0.15, 0.2) is 60.7 Å². The molecule has 6 amide bonds. The summed E-state index contributed by atoms with van der Waals surface area (Å²) in [6.45, 7) is 6.47. The molecular formula is C41H34F6N6O4. The summed E-state index contributed by atoms with van der Waals surface area (Å²) in [6, 6.07) is 13.9. The molecule has 0 bridgehead atoms. The van der Waals surface area contributed by atoms with E-state index in [-0.39, 0.29) is 24.5 Å². The summed E-state index contributed by atoms with van der Waals surface area (Å²) in [7, 11) is 0. The van der Waals surface area contributed by atoms with Gasteiger partial charge in [-0.3, -0.25) is 9.59 Å². The number of terminal acetylenes is 2. The van der Waals surface area contributed by atoms with E-state index < -0.39 is 69.6 Å². The van der Waals surface area contributed by atoms with Crippen molar-refractivity contribution >= 4 is 35.3 Å². The number of hydrogen-bond donors (Lipinski definition) is 0. The second kappa shape index (κ2) is 16.1. The van der Waals surface area contributed by atoms with E-state index in [9.17, 15) is 45.5 Å². The van der Waals surface area contributed by atoms with Crippen molar-refractivity contribution in [1.82, 2.24) is 9.80 Å². The SMILES string of the molecule is C#CCCCCN1C(=O)N(c2ccc(C#N)c(C(F)(F)F)c2)C(=O)C1(C)C.C#Cc1ccc(CN2C(=O)N(c3ccc(C#N)c(C(F)(F)F)c3)C(=O)C2(C)C)cc1. The number of nitriles is 2. The lowest BCUT2D eigenvalue weighted by Gasteiger charge is -2.27. The minimum atomic E-state index is -4.80. The molecule has 294 valence electrons. The van der Waals surface area contributed by atoms with E-state index in [4.69, 9.17) is 23.4 Å². The Morgan fingerprint density at radius 2 is 1.09 bits per heavy atom. The summed E-state index contributed by atoms with van der Waals surface area (Å²) < 4.78 is 79.5. The Labute approximate surface area is 324 Å². The molecule has 16 heteroatoms. The fourth-order valence-corrected chi connectivity index (χ4v) is 6.16. The predicted octanol–water partition coefficient (Wildman–Crippen LogP) is 8.23. The van der Waals surface area contributed by atoms with Gasteiger partial charge in [-0.25, -0.2) is 19.4 Å². The molecule has 0 atom stereocenters. The van der Waals surface area contributed by atoms with E-state index in [0.29, 0.717) is 47.4 Å². The third-order valence-corrected chi connectivity index (χ3v) is 9.44. The minimum absolute atomic E-state index is 0.0708. The van der Waals surface area contributed by atoms with Gasteiger partial charge in [-0.15, -0.1) is 18.8 Å². The largest absolute Gasteiger partial charge is 0.417 e. The van der Waals surface area contributed by atoms with Gasteiger partial charge in [0.2, 0.25) is 0 Å². The molecule has 2 aliphatic heterocycles. The second-order valence-electron chi connectivity index (χ2n) is 13.9. The van der Waals surface area contributed by atoms with Crippen LogP contribution >= 0.6 is 0 Å². The van der Waals surface area contributed by atoms with Crippen molar-refractivity contribution in [1.29, 1.82) is 10.5 Å². The van der Waals surface area contributed by atoms with Crippen LogP contribution < -0.4 is 9.80 Å². The zero-order valence-electron chi connectivity index (χ0n) is 31.0. The van der Waals surface area contributed by atoms with Crippen molar-refractivity contribution in [3.8, 4) is 36.8 Å². The molecule has 0 spiro atoms. The highest BCUT2D eigenvalue weighted by molar-refractivity contribution is 6.23. The minimum Gasteiger partial charge on any atom is -0.310 e. The number of benzene rings is 3. The zero-order valence-corrected chi connectivity index (χ0v) is 31.0. The molecule has 3 aromatic rings. The molecule has 5 rings (SSSR count). The van der Waals surface area contributed by atoms with Gasteiger partial charge < -0.3 is 9.80 Å². The number of unbranched alkanes of at least 4 members (excludes halogenated alkanes) is 2. The molecule has 57 heavy (non-hydrogen) atoms. The van der Waals surface area contributed by atoms with Gasteiger partial charge in [0.25, 0.3) is 11.8 Å². The highest BCUT2D eigenvalue weighted by Gasteiger charge is 2.53. The summed E-state index contributed by atoms with van der Waals surface area (Å²) in [5.74, 6) is 3.68. The van der Waals surface area contributed by atoms with Crippen LogP contribution in [0.4, 0.5) is 47.3 Å². The summed E-state index contributed by atoms with van der Waals surface area (Å²) in [6.07, 6.45) is 2.70. The zero-order chi connectivity index (χ0) is 42.7. The Morgan fingerprint density at radius 1 is 0.649 bits per heavy atom. The van der Waals surface area contributed by atoms with Crippen LogP contribution in [0.1, 0.15) is 80.3 Å². The number of urea groups is 2. The van der Waals surface area contributed by atoms with Gasteiger partial charge in [-0.05, 0) is 94.6 Å². The Hall–Kier alpha value is -6.78. The number of hydrogen-bond acceptors (Lipinski definition) is 6. The van der Waals surface area contributed by atoms with E-state index in [1.165, 1.54) is 41.9 Å². The van der Waals surface area contributed by atoms with Gasteiger partial charge in [0, 0.05) is 25.1 Å². The van der Waals surface area contributed by atoms with Crippen LogP contribution in [0.25, 0.3) is 0 Å². The summed E-state index contributed by atoms with van der Waals surface area (Å²) in [5.41, 5.74) is -5.12. The molecule has 2 heterocycles. The number of alkyl halides is 6. The van der Waals surface area contributed by atoms with Crippen LogP contribution in [-0.4, -0.2) is 51.3 Å². The van der Waals surface area contributed by atoms with Gasteiger partial charge in [0.05, 0.1) is 45.8 Å². The Bertz CT molecular complexity index is 2270. The monoisotopic (exact) mass is 788 g/mol. The van der Waals surface area contributed by atoms with E-state index in [0.717, 1.165) is 23.1 Å². The van der Waals surface area contributed by atoms with Crippen molar-refractivity contribution in [2.75, 3.05) is 16.3 Å². The van der Waals surface area contributed by atoms with E-state index in [2.05, 4.69) is 11.8 Å². The predicted molar refractivity (Wildman–Crippen MR) is 196 cm³/mol. The van der Waals surface area contributed by atoms with Crippen molar-refractivity contribution in [3.63, 3.8) is 0 Å². The molecule has 0 radical (unpaired) electrons. The third kappa shape index (κ3) is 8.56. The van der Waals surface area contributed by atoms with E-state index in [1.807, 2.05) is 0 Å². The number of halogens is 6. The molecule has 0 aromatic heterocycles. The maximum absolute atomic E-state index is 13.3. The number of rotatable bonds is 8. The first-order chi connectivity index (χ1) is 26.6. The van der Waals surface area contributed by atoms with Crippen LogP contribution in [0.2, 0.25) is 0 Å². The molecule has 2 aliphatic rings. The molecular weight excluding hydrogens is 754 g/mol. The van der Waals surface area contributed by atoms with Crippen LogP contribution in [0.3, 0.4) is 0 Å². The van der Waals surface area contributed by atoms with E-state index in [1.54, 1.807) is 38.1 Å². The van der Waals surface area contributed by atoms with Crippen LogP contribution in [0, 0.1) is 47.3 Å². The first-order valence-corrected chi connectivity index (χ1v) is 17.1. The standard InChI is InChI=1S/C22H16F3N3O2.C19H18F3N3O2/c1-4-14-5-7-15(8-6-14)13-27-20(30)28(19(29)21(27,2)3)17-10-9-16(12-26)18(11-17)22(23,24)25;1-4-5-6-7-10-24-17(27)25(16(26)18(24,2)3)14-9-8-13(12-23)15(11-14)19(20,21)22/h1,5-11H,13H2,2-3H3;1,8-9,11H,5-7,10H2,2-3H3. The number of imide groups is 2. The van der Waals surface area contributed by atoms with Crippen molar-refractivity contribution in [2.24, 2.45) is 0 Å². The number of amides is 6. The molecule has 2 saturated heterocycles. The van der Waals surface area contributed by atoms with Gasteiger partial charge >= 0.3 is 24.4 Å². The highest BCUT2D eigenvalue weighted by Crippen LogP contribution is 2.40. The quantitative estimate of drug-likeness (QED) is 0.0980. The van der Waals surface area contributed by atoms with E-state index >= 15 is 0 Å². The maximum atomic E-state index is 13.3. The number of carbonyl (C=O) groups excluding carboxylic acids is 4. The first kappa shape index (κ1) is 43.0. The normalized spacial score (nSPS) is 16.1. The first-order valence-electron chi connectivity index (χ1n) is 17.1. The lowest BCUT2D eigenvalue weighted by Crippen LogP contribution is -2.44. The van der Waals surface area contributed by atoms with Gasteiger partial charge in [0.1, 0.15) is 11.1 Å². The Morgan fingerprint density at radius 3 is 1.49 bits per heavy atom. The molecule has 3 aromatic carbocycles. The van der Waals surface area contributed by atoms with Gasteiger partial charge in [-0.1, -0.05) is 18.1 Å². The molecule has 0 unspecified atom stereocenters. The number of carbonyl (C=O) groups is 4. The maximum Gasteiger partial charge on any atom is 0.417 e.